The van der Waals surface area contributed by atoms with Gasteiger partial charge in [-0.25, -0.2) is 9.50 Å². The Hall–Kier alpha value is -2.68. The van der Waals surface area contributed by atoms with Crippen molar-refractivity contribution >= 4 is 41.5 Å². The Morgan fingerprint density at radius 1 is 1.21 bits per heavy atom. The van der Waals surface area contributed by atoms with E-state index in [9.17, 15) is 9.59 Å². The van der Waals surface area contributed by atoms with Crippen molar-refractivity contribution in [1.29, 1.82) is 0 Å². The zero-order chi connectivity index (χ0) is 22.7. The van der Waals surface area contributed by atoms with Crippen LogP contribution in [-0.4, -0.2) is 63.5 Å². The average molecular weight is 491 g/mol. The van der Waals surface area contributed by atoms with E-state index in [0.717, 1.165) is 24.2 Å². The number of fused-ring (bicyclic) bond motifs is 1. The van der Waals surface area contributed by atoms with Crippen LogP contribution in [0.2, 0.25) is 5.02 Å². The number of piperazine rings is 1. The quantitative estimate of drug-likeness (QED) is 0.553. The molecule has 0 unspecified atom stereocenters. The van der Waals surface area contributed by atoms with Gasteiger partial charge in [-0.05, 0) is 36.1 Å². The lowest BCUT2D eigenvalue weighted by Crippen LogP contribution is -2.54. The molecule has 0 radical (unpaired) electrons. The van der Waals surface area contributed by atoms with Gasteiger partial charge < -0.3 is 15.5 Å². The third-order valence-corrected chi connectivity index (χ3v) is 5.71. The number of rotatable bonds is 6. The Bertz CT molecular complexity index is 1130. The summed E-state index contributed by atoms with van der Waals surface area (Å²) in [6.07, 6.45) is 3.96. The molecule has 4 rings (SSSR count). The van der Waals surface area contributed by atoms with E-state index in [1.807, 2.05) is 36.9 Å². The number of carbonyl (C=O) groups is 2. The van der Waals surface area contributed by atoms with Crippen molar-refractivity contribution in [2.45, 2.75) is 26.3 Å². The molecule has 2 N–H and O–H groups in total. The van der Waals surface area contributed by atoms with Crippen molar-refractivity contribution in [2.75, 3.05) is 26.2 Å². The van der Waals surface area contributed by atoms with Gasteiger partial charge in [-0.15, -0.1) is 12.4 Å². The number of benzene rings is 1. The number of nitrogens with zero attached hydrogens (tertiary/aromatic N) is 4. The fourth-order valence-corrected chi connectivity index (χ4v) is 4.08. The van der Waals surface area contributed by atoms with Crippen molar-refractivity contribution in [2.24, 2.45) is 5.92 Å². The normalized spacial score (nSPS) is 14.7. The number of nitrogens with one attached hydrogen (secondary N) is 2. The minimum absolute atomic E-state index is 0. The van der Waals surface area contributed by atoms with E-state index in [0.29, 0.717) is 30.2 Å². The molecular weight excluding hydrogens is 463 g/mol. The van der Waals surface area contributed by atoms with Crippen molar-refractivity contribution in [3.63, 3.8) is 0 Å². The van der Waals surface area contributed by atoms with Gasteiger partial charge in [0, 0.05) is 43.0 Å². The van der Waals surface area contributed by atoms with E-state index in [1.54, 1.807) is 29.0 Å². The molecule has 2 aromatic heterocycles. The second-order valence-corrected chi connectivity index (χ2v) is 8.82. The first-order valence-corrected chi connectivity index (χ1v) is 11.2. The molecule has 176 valence electrons. The van der Waals surface area contributed by atoms with Gasteiger partial charge >= 0.3 is 0 Å². The average Bonchev–Trinajstić information content (AvgIpc) is 3.21. The molecule has 1 aliphatic heterocycles. The molecule has 0 aliphatic carbocycles. The molecule has 33 heavy (non-hydrogen) atoms. The third-order valence-electron chi connectivity index (χ3n) is 5.48. The molecule has 0 saturated carbocycles. The highest BCUT2D eigenvalue weighted by Gasteiger charge is 2.28. The second-order valence-electron chi connectivity index (χ2n) is 8.38. The van der Waals surface area contributed by atoms with Crippen LogP contribution in [0.25, 0.3) is 16.8 Å². The van der Waals surface area contributed by atoms with Crippen molar-refractivity contribution < 1.29 is 9.59 Å². The molecule has 10 heteroatoms. The summed E-state index contributed by atoms with van der Waals surface area (Å²) < 4.78 is 1.62. The first kappa shape index (κ1) is 25.0. The van der Waals surface area contributed by atoms with Crippen molar-refractivity contribution in [3.8, 4) is 11.1 Å². The monoisotopic (exact) mass is 490 g/mol. The van der Waals surface area contributed by atoms with E-state index in [2.05, 4.69) is 20.7 Å². The predicted octanol–water partition coefficient (Wildman–Crippen LogP) is 3.05. The summed E-state index contributed by atoms with van der Waals surface area (Å²) in [6.45, 7) is 6.90. The molecule has 1 fully saturated rings. The molecular formula is C23H28Cl2N6O2. The van der Waals surface area contributed by atoms with E-state index < -0.39 is 6.04 Å². The van der Waals surface area contributed by atoms with Crippen molar-refractivity contribution in [3.05, 3.63) is 53.4 Å². The second kappa shape index (κ2) is 11.0. The molecule has 3 aromatic rings. The van der Waals surface area contributed by atoms with Gasteiger partial charge in [-0.1, -0.05) is 37.6 Å². The van der Waals surface area contributed by atoms with Crippen LogP contribution >= 0.6 is 24.0 Å². The molecule has 2 amide bonds. The molecule has 0 spiro atoms. The van der Waals surface area contributed by atoms with E-state index in [1.165, 1.54) is 0 Å². The van der Waals surface area contributed by atoms with Gasteiger partial charge in [0.15, 0.2) is 5.65 Å². The maximum Gasteiger partial charge on any atom is 0.270 e. The summed E-state index contributed by atoms with van der Waals surface area (Å²) in [4.78, 5) is 32.5. The van der Waals surface area contributed by atoms with Crippen LogP contribution in [0.3, 0.4) is 0 Å². The molecule has 8 nitrogen and oxygen atoms in total. The highest BCUT2D eigenvalue weighted by atomic mass is 35.5. The maximum atomic E-state index is 13.1. The van der Waals surface area contributed by atoms with Crippen molar-refractivity contribution in [1.82, 2.24) is 30.1 Å². The van der Waals surface area contributed by atoms with Gasteiger partial charge in [0.25, 0.3) is 5.91 Å². The Kier molecular flexibility index (Phi) is 8.29. The summed E-state index contributed by atoms with van der Waals surface area (Å²) in [5.41, 5.74) is 2.43. The number of hydrogen-bond acceptors (Lipinski definition) is 5. The van der Waals surface area contributed by atoms with E-state index in [-0.39, 0.29) is 35.8 Å². The summed E-state index contributed by atoms with van der Waals surface area (Å²) >= 11 is 6.14. The smallest absolute Gasteiger partial charge is 0.270 e. The van der Waals surface area contributed by atoms with Crippen LogP contribution in [0.15, 0.2) is 42.7 Å². The number of aromatic nitrogens is 3. The number of halogens is 2. The molecule has 3 heterocycles. The summed E-state index contributed by atoms with van der Waals surface area (Å²) in [5.74, 6) is -0.162. The fraction of sp³-hybridized carbons (Fsp3) is 0.391. The summed E-state index contributed by atoms with van der Waals surface area (Å²) in [6, 6.07) is 8.43. The van der Waals surface area contributed by atoms with Gasteiger partial charge in [0.1, 0.15) is 11.7 Å². The first-order valence-electron chi connectivity index (χ1n) is 10.8. The van der Waals surface area contributed by atoms with Gasteiger partial charge in [-0.2, -0.15) is 5.10 Å². The van der Waals surface area contributed by atoms with Gasteiger partial charge in [0.05, 0.1) is 6.20 Å². The lowest BCUT2D eigenvalue weighted by Gasteiger charge is -2.31. The Balaban J connectivity index is 0.00000306. The zero-order valence-electron chi connectivity index (χ0n) is 18.6. The van der Waals surface area contributed by atoms with Crippen LogP contribution in [0.1, 0.15) is 30.8 Å². The zero-order valence-corrected chi connectivity index (χ0v) is 20.2. The Morgan fingerprint density at radius 3 is 2.67 bits per heavy atom. The fourth-order valence-electron chi connectivity index (χ4n) is 3.89. The summed E-state index contributed by atoms with van der Waals surface area (Å²) in [7, 11) is 0. The number of carbonyl (C=O) groups excluding carboxylic acids is 2. The van der Waals surface area contributed by atoms with Gasteiger partial charge in [-0.3, -0.25) is 9.59 Å². The Morgan fingerprint density at radius 2 is 1.97 bits per heavy atom. The number of hydrogen-bond donors (Lipinski definition) is 2. The van der Waals surface area contributed by atoms with Crippen LogP contribution in [0.4, 0.5) is 0 Å². The molecule has 1 aliphatic rings. The molecule has 1 aromatic carbocycles. The Labute approximate surface area is 204 Å². The third kappa shape index (κ3) is 5.82. The van der Waals surface area contributed by atoms with E-state index in [4.69, 9.17) is 11.6 Å². The topological polar surface area (TPSA) is 91.6 Å². The maximum absolute atomic E-state index is 13.1. The minimum atomic E-state index is -0.587. The minimum Gasteiger partial charge on any atom is -0.339 e. The van der Waals surface area contributed by atoms with Crippen LogP contribution in [-0.2, 0) is 4.79 Å². The highest BCUT2D eigenvalue weighted by molar-refractivity contribution is 6.30. The van der Waals surface area contributed by atoms with Gasteiger partial charge in [0.2, 0.25) is 5.91 Å². The number of amides is 2. The summed E-state index contributed by atoms with van der Waals surface area (Å²) in [5, 5.41) is 11.1. The standard InChI is InChI=1S/C23H27ClN6O2.ClH/c1-15(2)12-20(23(32)29-10-7-25-8-11-29)28-22(31)19-6-9-30-21(27-19)18(14-26-30)16-4-3-5-17(24)13-16;/h3-6,9,13-15,20,25H,7-8,10-12H2,1-2H3,(H,28,31);1H/t20-;/m0./s1. The van der Waals surface area contributed by atoms with Crippen LogP contribution in [0.5, 0.6) is 0 Å². The molecule has 0 bridgehead atoms. The first-order chi connectivity index (χ1) is 15.4. The molecule has 1 atom stereocenters. The SMILES string of the molecule is CC(C)C[C@H](NC(=O)c1ccn2ncc(-c3cccc(Cl)c3)c2n1)C(=O)N1CCNCC1.Cl. The van der Waals surface area contributed by atoms with Crippen LogP contribution < -0.4 is 10.6 Å². The van der Waals surface area contributed by atoms with Crippen LogP contribution in [0, 0.1) is 5.92 Å². The highest BCUT2D eigenvalue weighted by Crippen LogP contribution is 2.25. The molecule has 1 saturated heterocycles. The van der Waals surface area contributed by atoms with E-state index >= 15 is 0 Å². The lowest BCUT2D eigenvalue weighted by atomic mass is 10.0. The predicted molar refractivity (Wildman–Crippen MR) is 131 cm³/mol. The lowest BCUT2D eigenvalue weighted by molar-refractivity contribution is -0.134. The largest absolute Gasteiger partial charge is 0.339 e.